The molecule has 0 aliphatic heterocycles. The number of rotatable bonds is 4. The van der Waals surface area contributed by atoms with Crippen LogP contribution in [-0.4, -0.2) is 29.0 Å². The van der Waals surface area contributed by atoms with E-state index in [9.17, 15) is 8.42 Å². The predicted molar refractivity (Wildman–Crippen MR) is 64.1 cm³/mol. The third kappa shape index (κ3) is 2.93. The summed E-state index contributed by atoms with van der Waals surface area (Å²) in [6.07, 6.45) is 0. The van der Waals surface area contributed by atoms with Gasteiger partial charge in [0, 0.05) is 0 Å². The van der Waals surface area contributed by atoms with Gasteiger partial charge in [-0.3, -0.25) is 0 Å². The molecule has 1 unspecified atom stereocenters. The van der Waals surface area contributed by atoms with E-state index in [-0.39, 0.29) is 10.7 Å². The molecule has 19 heavy (non-hydrogen) atoms. The molecule has 9 heteroatoms. The first-order valence-electron chi connectivity index (χ1n) is 5.29. The minimum absolute atomic E-state index is 0.0712. The lowest BCUT2D eigenvalue weighted by Gasteiger charge is -2.10. The first kappa shape index (κ1) is 13.1. The molecule has 0 fully saturated rings. The van der Waals surface area contributed by atoms with Crippen LogP contribution in [0.2, 0.25) is 0 Å². The molecule has 98 valence electrons. The Hall–Kier alpha value is -2.31. The Bertz CT molecular complexity index is 687. The van der Waals surface area contributed by atoms with Crippen LogP contribution in [0.5, 0.6) is 0 Å². The van der Waals surface area contributed by atoms with E-state index in [2.05, 4.69) is 25.3 Å². The summed E-state index contributed by atoms with van der Waals surface area (Å²) in [5.41, 5.74) is 0.394. The van der Waals surface area contributed by atoms with Crippen LogP contribution < -0.4 is 4.72 Å². The summed E-state index contributed by atoms with van der Waals surface area (Å²) in [5, 5.41) is 21.7. The van der Waals surface area contributed by atoms with Gasteiger partial charge in [0.1, 0.15) is 0 Å². The zero-order chi connectivity index (χ0) is 13.9. The lowest BCUT2D eigenvalue weighted by atomic mass is 10.2. The molecule has 0 amide bonds. The SMILES string of the molecule is CC(NS(=O)(=O)c1ccc(C#N)cc1)c1nn[nH]n1. The van der Waals surface area contributed by atoms with E-state index in [1.165, 1.54) is 24.3 Å². The highest BCUT2D eigenvalue weighted by atomic mass is 32.2. The molecule has 1 atom stereocenters. The van der Waals surface area contributed by atoms with Gasteiger partial charge in [-0.15, -0.1) is 10.2 Å². The average molecular weight is 278 g/mol. The zero-order valence-electron chi connectivity index (χ0n) is 9.90. The second-order valence-corrected chi connectivity index (χ2v) is 5.46. The molecule has 8 nitrogen and oxygen atoms in total. The highest BCUT2D eigenvalue weighted by Gasteiger charge is 2.20. The third-order valence-electron chi connectivity index (χ3n) is 2.37. The Morgan fingerprint density at radius 1 is 1.37 bits per heavy atom. The third-order valence-corrected chi connectivity index (χ3v) is 3.93. The monoisotopic (exact) mass is 278 g/mol. The minimum atomic E-state index is -3.69. The van der Waals surface area contributed by atoms with Crippen molar-refractivity contribution >= 4 is 10.0 Å². The van der Waals surface area contributed by atoms with Gasteiger partial charge in [-0.2, -0.15) is 10.5 Å². The van der Waals surface area contributed by atoms with Crippen molar-refractivity contribution in [2.45, 2.75) is 17.9 Å². The Balaban J connectivity index is 2.20. The van der Waals surface area contributed by atoms with Gasteiger partial charge < -0.3 is 0 Å². The highest BCUT2D eigenvalue weighted by molar-refractivity contribution is 7.89. The number of aromatic amines is 1. The quantitative estimate of drug-likeness (QED) is 0.817. The van der Waals surface area contributed by atoms with Gasteiger partial charge in [0.15, 0.2) is 5.82 Å². The molecular formula is C10H10N6O2S. The van der Waals surface area contributed by atoms with Crippen LogP contribution in [0.1, 0.15) is 24.4 Å². The molecule has 0 radical (unpaired) electrons. The highest BCUT2D eigenvalue weighted by Crippen LogP contribution is 2.14. The average Bonchev–Trinajstić information content (AvgIpc) is 2.92. The molecule has 1 aromatic carbocycles. The maximum Gasteiger partial charge on any atom is 0.241 e. The van der Waals surface area contributed by atoms with E-state index in [0.29, 0.717) is 5.56 Å². The van der Waals surface area contributed by atoms with Crippen LogP contribution in [0.15, 0.2) is 29.2 Å². The molecule has 0 bridgehead atoms. The van der Waals surface area contributed by atoms with Gasteiger partial charge in [-0.05, 0) is 31.2 Å². The summed E-state index contributed by atoms with van der Waals surface area (Å²) in [5.74, 6) is 0.247. The number of benzene rings is 1. The smallest absolute Gasteiger partial charge is 0.207 e. The number of sulfonamides is 1. The molecule has 0 spiro atoms. The van der Waals surface area contributed by atoms with Gasteiger partial charge in [0.2, 0.25) is 10.0 Å². The van der Waals surface area contributed by atoms with E-state index in [0.717, 1.165) is 0 Å². The number of nitrogens with one attached hydrogen (secondary N) is 2. The van der Waals surface area contributed by atoms with Crippen molar-refractivity contribution in [1.29, 1.82) is 5.26 Å². The topological polar surface area (TPSA) is 124 Å². The Morgan fingerprint density at radius 2 is 2.05 bits per heavy atom. The molecule has 0 saturated carbocycles. The van der Waals surface area contributed by atoms with Crippen LogP contribution in [-0.2, 0) is 10.0 Å². The zero-order valence-corrected chi connectivity index (χ0v) is 10.7. The van der Waals surface area contributed by atoms with Gasteiger partial charge in [0.25, 0.3) is 0 Å². The fourth-order valence-electron chi connectivity index (χ4n) is 1.42. The Labute approximate surface area is 109 Å². The first-order chi connectivity index (χ1) is 9.03. The van der Waals surface area contributed by atoms with Gasteiger partial charge in [0.05, 0.1) is 22.6 Å². The molecule has 1 heterocycles. The molecule has 2 N–H and O–H groups in total. The number of aromatic nitrogens is 4. The summed E-state index contributed by atoms with van der Waals surface area (Å²) < 4.78 is 26.5. The van der Waals surface area contributed by atoms with Crippen LogP contribution in [0.25, 0.3) is 0 Å². The van der Waals surface area contributed by atoms with Crippen LogP contribution >= 0.6 is 0 Å². The maximum atomic E-state index is 12.1. The number of tetrazole rings is 1. The second kappa shape index (κ2) is 5.13. The van der Waals surface area contributed by atoms with Crippen molar-refractivity contribution in [2.75, 3.05) is 0 Å². The van der Waals surface area contributed by atoms with Gasteiger partial charge in [-0.1, -0.05) is 5.21 Å². The standard InChI is InChI=1S/C10H10N6O2S/c1-7(10-12-15-16-13-10)14-19(17,18)9-4-2-8(6-11)3-5-9/h2-5,7,14H,1H3,(H,12,13,15,16). The van der Waals surface area contributed by atoms with Crippen molar-refractivity contribution in [2.24, 2.45) is 0 Å². The van der Waals surface area contributed by atoms with Crippen molar-refractivity contribution in [3.8, 4) is 6.07 Å². The van der Waals surface area contributed by atoms with E-state index in [1.54, 1.807) is 6.92 Å². The van der Waals surface area contributed by atoms with E-state index < -0.39 is 16.1 Å². The van der Waals surface area contributed by atoms with E-state index in [1.807, 2.05) is 6.07 Å². The summed E-state index contributed by atoms with van der Waals surface area (Å²) >= 11 is 0. The largest absolute Gasteiger partial charge is 0.241 e. The second-order valence-electron chi connectivity index (χ2n) is 3.75. The lowest BCUT2D eigenvalue weighted by molar-refractivity contribution is 0.560. The molecule has 1 aromatic heterocycles. The normalized spacial score (nSPS) is 12.8. The van der Waals surface area contributed by atoms with Crippen molar-refractivity contribution in [3.63, 3.8) is 0 Å². The predicted octanol–water partition coefficient (Wildman–Crippen LogP) is 0.111. The van der Waals surface area contributed by atoms with Crippen LogP contribution in [0.3, 0.4) is 0 Å². The summed E-state index contributed by atoms with van der Waals surface area (Å²) in [7, 11) is -3.69. The summed E-state index contributed by atoms with van der Waals surface area (Å²) in [4.78, 5) is 0.0712. The molecule has 0 aliphatic rings. The van der Waals surface area contributed by atoms with Crippen molar-refractivity contribution in [1.82, 2.24) is 25.3 Å². The number of H-pyrrole nitrogens is 1. The molecule has 2 aromatic rings. The minimum Gasteiger partial charge on any atom is -0.207 e. The fraction of sp³-hybridized carbons (Fsp3) is 0.200. The van der Waals surface area contributed by atoms with Crippen molar-refractivity contribution in [3.05, 3.63) is 35.7 Å². The molecule has 0 aliphatic carbocycles. The van der Waals surface area contributed by atoms with E-state index in [4.69, 9.17) is 5.26 Å². The Morgan fingerprint density at radius 3 is 2.58 bits per heavy atom. The van der Waals surface area contributed by atoms with Gasteiger partial charge >= 0.3 is 0 Å². The Kier molecular flexibility index (Phi) is 3.55. The molecule has 2 rings (SSSR count). The van der Waals surface area contributed by atoms with E-state index >= 15 is 0 Å². The van der Waals surface area contributed by atoms with Crippen LogP contribution in [0.4, 0.5) is 0 Å². The first-order valence-corrected chi connectivity index (χ1v) is 6.77. The number of hydrogen-bond donors (Lipinski definition) is 2. The number of hydrogen-bond acceptors (Lipinski definition) is 6. The fourth-order valence-corrected chi connectivity index (χ4v) is 2.62. The summed E-state index contributed by atoms with van der Waals surface area (Å²) in [6.45, 7) is 1.60. The maximum absolute atomic E-state index is 12.1. The molecule has 0 saturated heterocycles. The van der Waals surface area contributed by atoms with Crippen molar-refractivity contribution < 1.29 is 8.42 Å². The number of nitriles is 1. The number of nitrogens with zero attached hydrogens (tertiary/aromatic N) is 4. The summed E-state index contributed by atoms with van der Waals surface area (Å²) in [6, 6.07) is 6.92. The van der Waals surface area contributed by atoms with Crippen LogP contribution in [0, 0.1) is 11.3 Å². The molecular weight excluding hydrogens is 268 g/mol. The lowest BCUT2D eigenvalue weighted by Crippen LogP contribution is -2.27. The van der Waals surface area contributed by atoms with Gasteiger partial charge in [-0.25, -0.2) is 13.1 Å².